The fourth-order valence-electron chi connectivity index (χ4n) is 2.54. The second kappa shape index (κ2) is 7.58. The number of hydrazine groups is 1. The molecule has 3 aromatic rings. The van der Waals surface area contributed by atoms with Gasteiger partial charge >= 0.3 is 4.96 Å². The number of aromatic nitrogens is 2. The van der Waals surface area contributed by atoms with Crippen molar-refractivity contribution in [2.45, 2.75) is 6.29 Å². The van der Waals surface area contributed by atoms with Crippen molar-refractivity contribution < 1.29 is 21.4 Å². The highest BCUT2D eigenvalue weighted by Crippen LogP contribution is 2.21. The molecule has 0 bridgehead atoms. The third kappa shape index (κ3) is 3.38. The molecular formula is C15H15BrN8S2. The van der Waals surface area contributed by atoms with Crippen molar-refractivity contribution in [2.24, 2.45) is 28.2 Å². The van der Waals surface area contributed by atoms with E-state index in [1.807, 2.05) is 12.1 Å². The molecule has 8 nitrogen and oxygen atoms in total. The molecular weight excluding hydrogens is 436 g/mol. The van der Waals surface area contributed by atoms with Gasteiger partial charge in [-0.25, -0.2) is 15.4 Å². The van der Waals surface area contributed by atoms with E-state index >= 15 is 0 Å². The quantitative estimate of drug-likeness (QED) is 0.169. The van der Waals surface area contributed by atoms with Crippen LogP contribution in [0.5, 0.6) is 0 Å². The van der Waals surface area contributed by atoms with Crippen LogP contribution in [0.25, 0.3) is 16.2 Å². The minimum atomic E-state index is -0.559. The number of rotatable bonds is 4. The summed E-state index contributed by atoms with van der Waals surface area (Å²) < 4.78 is 4.30. The summed E-state index contributed by atoms with van der Waals surface area (Å²) in [5, 5.41) is 15.3. The monoisotopic (exact) mass is 450 g/mol. The number of halogens is 1. The molecule has 0 aliphatic carbocycles. The van der Waals surface area contributed by atoms with Crippen LogP contribution < -0.4 is 32.7 Å². The van der Waals surface area contributed by atoms with E-state index in [-0.39, 0.29) is 22.1 Å². The minimum absolute atomic E-state index is 0. The largest absolute Gasteiger partial charge is 1.00 e. The van der Waals surface area contributed by atoms with Crippen molar-refractivity contribution in [2.75, 3.05) is 0 Å². The van der Waals surface area contributed by atoms with Gasteiger partial charge in [-0.3, -0.25) is 5.43 Å². The molecule has 0 saturated carbocycles. The molecule has 0 spiro atoms. The first-order valence-electron chi connectivity index (χ1n) is 7.45. The summed E-state index contributed by atoms with van der Waals surface area (Å²) >= 11 is 6.61. The molecule has 1 atom stereocenters. The number of nitrogens with zero attached hydrogens (tertiary/aromatic N) is 6. The zero-order valence-electron chi connectivity index (χ0n) is 13.7. The average molecular weight is 451 g/mol. The molecule has 4 rings (SSSR count). The van der Waals surface area contributed by atoms with Gasteiger partial charge in [0.15, 0.2) is 5.69 Å². The second-order valence-corrected chi connectivity index (χ2v) is 6.69. The summed E-state index contributed by atoms with van der Waals surface area (Å²) in [6.45, 7) is 0. The molecule has 1 aliphatic rings. The van der Waals surface area contributed by atoms with Gasteiger partial charge in [-0.2, -0.15) is 9.50 Å². The Morgan fingerprint density at radius 2 is 2.15 bits per heavy atom. The van der Waals surface area contributed by atoms with Gasteiger partial charge in [0.1, 0.15) is 12.4 Å². The zero-order valence-corrected chi connectivity index (χ0v) is 16.9. The predicted octanol–water partition coefficient (Wildman–Crippen LogP) is -1.37. The lowest BCUT2D eigenvalue weighted by Crippen LogP contribution is -3.00. The number of hydrogen-bond acceptors (Lipinski definition) is 6. The molecule has 3 N–H and O–H groups in total. The first kappa shape index (κ1) is 18.6. The van der Waals surface area contributed by atoms with E-state index in [2.05, 4.69) is 66.7 Å². The summed E-state index contributed by atoms with van der Waals surface area (Å²) in [5.74, 6) is 5.69. The van der Waals surface area contributed by atoms with Crippen molar-refractivity contribution >= 4 is 39.8 Å². The van der Waals surface area contributed by atoms with E-state index < -0.39 is 6.29 Å². The number of nitrogens with two attached hydrogens (primary N) is 1. The fourth-order valence-corrected chi connectivity index (χ4v) is 3.50. The van der Waals surface area contributed by atoms with Crippen molar-refractivity contribution in [3.05, 3.63) is 47.6 Å². The molecule has 0 fully saturated rings. The molecule has 11 heteroatoms. The van der Waals surface area contributed by atoms with Crippen LogP contribution in [0, 0.1) is 0 Å². The second-order valence-electron chi connectivity index (χ2n) is 5.45. The van der Waals surface area contributed by atoms with E-state index in [0.717, 1.165) is 16.8 Å². The van der Waals surface area contributed by atoms with Crippen molar-refractivity contribution in [1.82, 2.24) is 15.0 Å². The van der Waals surface area contributed by atoms with Crippen LogP contribution >= 0.6 is 23.6 Å². The van der Waals surface area contributed by atoms with Crippen molar-refractivity contribution in [3.8, 4) is 11.3 Å². The zero-order chi connectivity index (χ0) is 17.4. The van der Waals surface area contributed by atoms with Crippen LogP contribution in [0.3, 0.4) is 0 Å². The van der Waals surface area contributed by atoms with Crippen LogP contribution in [0.1, 0.15) is 5.56 Å². The third-order valence-electron chi connectivity index (χ3n) is 3.87. The Labute approximate surface area is 169 Å². The van der Waals surface area contributed by atoms with E-state index in [0.29, 0.717) is 0 Å². The van der Waals surface area contributed by atoms with Gasteiger partial charge < -0.3 is 17.0 Å². The Balaban J connectivity index is 0.00000196. The Morgan fingerprint density at radius 3 is 2.81 bits per heavy atom. The van der Waals surface area contributed by atoms with Crippen molar-refractivity contribution in [1.29, 1.82) is 0 Å². The third-order valence-corrected chi connectivity index (χ3v) is 5.12. The molecule has 0 saturated heterocycles. The molecule has 1 unspecified atom stereocenters. The van der Waals surface area contributed by atoms with Gasteiger partial charge in [0.25, 0.3) is 0 Å². The summed E-state index contributed by atoms with van der Waals surface area (Å²) in [4.78, 5) is 1.19. The number of thiazole rings is 1. The van der Waals surface area contributed by atoms with Crippen molar-refractivity contribution in [3.63, 3.8) is 0 Å². The number of benzene rings is 1. The maximum absolute atomic E-state index is 5.69. The average Bonchev–Trinajstić information content (AvgIpc) is 3.29. The molecule has 0 amide bonds. The molecule has 0 radical (unpaired) electrons. The Hall–Kier alpha value is -2.21. The molecule has 2 aromatic heterocycles. The fraction of sp³-hybridized carbons (Fsp3) is 0.133. The van der Waals surface area contributed by atoms with Crippen LogP contribution in [0.15, 0.2) is 57.4 Å². The summed E-state index contributed by atoms with van der Waals surface area (Å²) in [7, 11) is 2.07. The molecule has 134 valence electrons. The number of fused-ring (bicyclic) bond motifs is 1. The standard InChI is InChI=1S/C15H15N8S2.BrH/c1-21-12(9-22-6-7-25-15(21)22)11-4-2-10(3-5-11)8-17-18-13-19-20-14(24)23(13)16;/h2-9,13,18H,16H2,1H3;1H/q+1;/p-1/b17-8+;. The summed E-state index contributed by atoms with van der Waals surface area (Å²) in [5.41, 5.74) is 6.06. The highest BCUT2D eigenvalue weighted by atomic mass is 79.9. The first-order chi connectivity index (χ1) is 12.1. The molecule has 1 aromatic carbocycles. The smallest absolute Gasteiger partial charge is 0.345 e. The van der Waals surface area contributed by atoms with Gasteiger partial charge in [0.2, 0.25) is 11.4 Å². The summed E-state index contributed by atoms with van der Waals surface area (Å²) in [6, 6.07) is 8.15. The summed E-state index contributed by atoms with van der Waals surface area (Å²) in [6.07, 6.45) is 5.33. The first-order valence-corrected chi connectivity index (χ1v) is 8.74. The lowest BCUT2D eigenvalue weighted by Gasteiger charge is -2.15. The minimum Gasteiger partial charge on any atom is -1.00 e. The maximum atomic E-state index is 5.69. The highest BCUT2D eigenvalue weighted by Gasteiger charge is 2.22. The van der Waals surface area contributed by atoms with Crippen LogP contribution in [0.4, 0.5) is 0 Å². The van der Waals surface area contributed by atoms with Crippen LogP contribution in [0.2, 0.25) is 0 Å². The predicted molar refractivity (Wildman–Crippen MR) is 99.9 cm³/mol. The lowest BCUT2D eigenvalue weighted by molar-refractivity contribution is -0.505. The molecule has 26 heavy (non-hydrogen) atoms. The van der Waals surface area contributed by atoms with Crippen LogP contribution in [-0.4, -0.2) is 27.2 Å². The maximum Gasteiger partial charge on any atom is 0.345 e. The van der Waals surface area contributed by atoms with Gasteiger partial charge in [0.05, 0.1) is 13.3 Å². The Morgan fingerprint density at radius 1 is 1.38 bits per heavy atom. The lowest BCUT2D eigenvalue weighted by atomic mass is 10.1. The van der Waals surface area contributed by atoms with Gasteiger partial charge in [-0.05, 0) is 29.9 Å². The van der Waals surface area contributed by atoms with Gasteiger partial charge in [-0.15, -0.1) is 10.2 Å². The number of azo groups is 1. The van der Waals surface area contributed by atoms with Gasteiger partial charge in [0, 0.05) is 10.9 Å². The number of nitrogens with one attached hydrogen (secondary N) is 1. The normalized spacial score (nSPS) is 16.6. The van der Waals surface area contributed by atoms with Gasteiger partial charge in [-0.1, -0.05) is 23.5 Å². The van der Waals surface area contributed by atoms with E-state index in [9.17, 15) is 0 Å². The highest BCUT2D eigenvalue weighted by molar-refractivity contribution is 7.80. The topological polar surface area (TPSA) is 87.4 Å². The number of hydrazone groups is 1. The molecule has 1 aliphatic heterocycles. The number of hydrogen-bond donors (Lipinski definition) is 2. The number of thiocarbonyl (C=S) groups is 1. The number of imidazole rings is 1. The van der Waals surface area contributed by atoms with E-state index in [1.165, 1.54) is 9.97 Å². The Bertz CT molecular complexity index is 991. The Kier molecular flexibility index (Phi) is 5.41. The van der Waals surface area contributed by atoms with E-state index in [4.69, 9.17) is 18.1 Å². The SMILES string of the molecule is Cn1c(-c2ccc(/C=N/NC3N=NC(=S)N3N)cc2)c[n+]2ccsc12.[Br-]. The molecule has 3 heterocycles. The van der Waals surface area contributed by atoms with E-state index in [1.54, 1.807) is 17.6 Å². The number of aryl methyl sites for hydroxylation is 1. The van der Waals surface area contributed by atoms with Crippen LogP contribution in [-0.2, 0) is 7.05 Å².